The van der Waals surface area contributed by atoms with Crippen molar-refractivity contribution < 1.29 is 5.11 Å². The Morgan fingerprint density at radius 2 is 1.71 bits per heavy atom. The van der Waals surface area contributed by atoms with Gasteiger partial charge < -0.3 is 5.11 Å². The monoisotopic (exact) mass is 240 g/mol. The summed E-state index contributed by atoms with van der Waals surface area (Å²) in [6.07, 6.45) is 11.4. The van der Waals surface area contributed by atoms with Gasteiger partial charge in [-0.2, -0.15) is 0 Å². The van der Waals surface area contributed by atoms with E-state index in [0.29, 0.717) is 11.8 Å². The lowest BCUT2D eigenvalue weighted by atomic mass is 9.73. The minimum absolute atomic E-state index is 0.0238. The van der Waals surface area contributed by atoms with E-state index in [-0.39, 0.29) is 6.10 Å². The lowest BCUT2D eigenvalue weighted by Crippen LogP contribution is -2.32. The van der Waals surface area contributed by atoms with Crippen LogP contribution in [-0.4, -0.2) is 11.2 Å². The molecule has 102 valence electrons. The summed E-state index contributed by atoms with van der Waals surface area (Å²) in [5, 5.41) is 10.6. The van der Waals surface area contributed by atoms with Gasteiger partial charge in [0.05, 0.1) is 6.10 Å². The molecule has 1 rings (SSSR count). The van der Waals surface area contributed by atoms with Crippen LogP contribution < -0.4 is 0 Å². The minimum Gasteiger partial charge on any atom is -0.393 e. The zero-order valence-electron chi connectivity index (χ0n) is 12.1. The zero-order valence-corrected chi connectivity index (χ0v) is 12.1. The summed E-state index contributed by atoms with van der Waals surface area (Å²) in [4.78, 5) is 0. The van der Waals surface area contributed by atoms with Gasteiger partial charge in [0.15, 0.2) is 0 Å². The number of aliphatic hydroxyl groups is 1. The summed E-state index contributed by atoms with van der Waals surface area (Å²) in [6, 6.07) is 0. The third-order valence-corrected chi connectivity index (χ3v) is 4.69. The van der Waals surface area contributed by atoms with Gasteiger partial charge in [-0.25, -0.2) is 0 Å². The van der Waals surface area contributed by atoms with Gasteiger partial charge in [0, 0.05) is 0 Å². The van der Waals surface area contributed by atoms with Crippen molar-refractivity contribution in [1.82, 2.24) is 0 Å². The van der Waals surface area contributed by atoms with E-state index in [1.165, 1.54) is 57.8 Å². The van der Waals surface area contributed by atoms with E-state index in [1.807, 2.05) is 0 Å². The van der Waals surface area contributed by atoms with E-state index in [1.54, 1.807) is 0 Å². The number of rotatable bonds is 7. The van der Waals surface area contributed by atoms with Gasteiger partial charge >= 0.3 is 0 Å². The average molecular weight is 240 g/mol. The third-order valence-electron chi connectivity index (χ3n) is 4.69. The van der Waals surface area contributed by atoms with Crippen molar-refractivity contribution in [3.8, 4) is 0 Å². The Hall–Kier alpha value is -0.0400. The molecule has 3 unspecified atom stereocenters. The standard InChI is InChI=1S/C16H32O/c1-4-8-14(9-5-2)16(17)15-11-7-10-13(6-3)12-15/h13-17H,4-12H2,1-3H3. The summed E-state index contributed by atoms with van der Waals surface area (Å²) in [5.74, 6) is 2.04. The number of aliphatic hydroxyl groups excluding tert-OH is 1. The predicted molar refractivity (Wildman–Crippen MR) is 75.1 cm³/mol. The number of hydrogen-bond donors (Lipinski definition) is 1. The van der Waals surface area contributed by atoms with Crippen LogP contribution in [0.15, 0.2) is 0 Å². The van der Waals surface area contributed by atoms with Crippen LogP contribution in [0.4, 0.5) is 0 Å². The van der Waals surface area contributed by atoms with Crippen molar-refractivity contribution in [1.29, 1.82) is 0 Å². The SMILES string of the molecule is CCCC(CCC)C(O)C1CCCC(CC)C1. The van der Waals surface area contributed by atoms with Crippen LogP contribution >= 0.6 is 0 Å². The molecule has 1 aliphatic carbocycles. The zero-order chi connectivity index (χ0) is 12.7. The van der Waals surface area contributed by atoms with Crippen molar-refractivity contribution in [3.63, 3.8) is 0 Å². The molecule has 1 aliphatic rings. The Balaban J connectivity index is 2.49. The summed E-state index contributed by atoms with van der Waals surface area (Å²) >= 11 is 0. The van der Waals surface area contributed by atoms with Crippen LogP contribution in [0.2, 0.25) is 0 Å². The molecule has 1 fully saturated rings. The molecule has 0 aromatic rings. The molecule has 0 saturated heterocycles. The van der Waals surface area contributed by atoms with Crippen LogP contribution in [0.3, 0.4) is 0 Å². The highest BCUT2D eigenvalue weighted by molar-refractivity contribution is 4.81. The van der Waals surface area contributed by atoms with Gasteiger partial charge in [0.1, 0.15) is 0 Å². The fourth-order valence-electron chi connectivity index (χ4n) is 3.63. The van der Waals surface area contributed by atoms with E-state index >= 15 is 0 Å². The molecule has 0 amide bonds. The summed E-state index contributed by atoms with van der Waals surface area (Å²) < 4.78 is 0. The van der Waals surface area contributed by atoms with Crippen molar-refractivity contribution in [3.05, 3.63) is 0 Å². The first-order valence-electron chi connectivity index (χ1n) is 7.90. The van der Waals surface area contributed by atoms with Gasteiger partial charge in [-0.05, 0) is 43.4 Å². The topological polar surface area (TPSA) is 20.2 Å². The Bertz CT molecular complexity index is 184. The highest BCUT2D eigenvalue weighted by Gasteiger charge is 2.30. The largest absolute Gasteiger partial charge is 0.393 e. The Morgan fingerprint density at radius 3 is 2.24 bits per heavy atom. The molecule has 0 aliphatic heterocycles. The lowest BCUT2D eigenvalue weighted by Gasteiger charge is -2.35. The van der Waals surface area contributed by atoms with Crippen LogP contribution in [0.25, 0.3) is 0 Å². The highest BCUT2D eigenvalue weighted by atomic mass is 16.3. The van der Waals surface area contributed by atoms with E-state index in [2.05, 4.69) is 20.8 Å². The third kappa shape index (κ3) is 4.62. The van der Waals surface area contributed by atoms with Crippen LogP contribution in [0.1, 0.15) is 78.6 Å². The van der Waals surface area contributed by atoms with E-state index < -0.39 is 0 Å². The minimum atomic E-state index is -0.0238. The molecule has 0 bridgehead atoms. The quantitative estimate of drug-likeness (QED) is 0.679. The molecule has 0 spiro atoms. The fourth-order valence-corrected chi connectivity index (χ4v) is 3.63. The molecule has 0 aromatic heterocycles. The Kier molecular flexibility index (Phi) is 7.18. The van der Waals surface area contributed by atoms with Crippen molar-refractivity contribution in [2.24, 2.45) is 17.8 Å². The molecule has 1 heteroatoms. The Morgan fingerprint density at radius 1 is 1.06 bits per heavy atom. The second-order valence-corrected chi connectivity index (χ2v) is 6.03. The average Bonchev–Trinajstić information content (AvgIpc) is 2.38. The maximum absolute atomic E-state index is 10.6. The van der Waals surface area contributed by atoms with Crippen molar-refractivity contribution in [2.75, 3.05) is 0 Å². The molecule has 3 atom stereocenters. The molecule has 1 nitrogen and oxygen atoms in total. The summed E-state index contributed by atoms with van der Waals surface area (Å²) in [6.45, 7) is 6.78. The predicted octanol–water partition coefficient (Wildman–Crippen LogP) is 4.78. The Labute approximate surface area is 108 Å². The molecule has 17 heavy (non-hydrogen) atoms. The second kappa shape index (κ2) is 8.13. The van der Waals surface area contributed by atoms with Gasteiger partial charge in [0.25, 0.3) is 0 Å². The van der Waals surface area contributed by atoms with E-state index in [4.69, 9.17) is 0 Å². The first-order valence-corrected chi connectivity index (χ1v) is 7.90. The van der Waals surface area contributed by atoms with Crippen molar-refractivity contribution >= 4 is 0 Å². The van der Waals surface area contributed by atoms with Crippen molar-refractivity contribution in [2.45, 2.75) is 84.7 Å². The van der Waals surface area contributed by atoms with Gasteiger partial charge in [0.2, 0.25) is 0 Å². The first-order chi connectivity index (χ1) is 8.22. The molecule has 0 aromatic carbocycles. The van der Waals surface area contributed by atoms with Gasteiger partial charge in [-0.1, -0.05) is 52.9 Å². The molecular formula is C16H32O. The molecule has 1 N–H and O–H groups in total. The summed E-state index contributed by atoms with van der Waals surface area (Å²) in [5.41, 5.74) is 0. The molecule has 0 radical (unpaired) electrons. The van der Waals surface area contributed by atoms with Gasteiger partial charge in [-0.15, -0.1) is 0 Å². The lowest BCUT2D eigenvalue weighted by molar-refractivity contribution is 0.0150. The van der Waals surface area contributed by atoms with Crippen LogP contribution in [0, 0.1) is 17.8 Å². The molecule has 0 heterocycles. The molecule has 1 saturated carbocycles. The highest BCUT2D eigenvalue weighted by Crippen LogP contribution is 2.36. The van der Waals surface area contributed by atoms with E-state index in [0.717, 1.165) is 5.92 Å². The maximum atomic E-state index is 10.6. The van der Waals surface area contributed by atoms with E-state index in [9.17, 15) is 5.11 Å². The molecular weight excluding hydrogens is 208 g/mol. The smallest absolute Gasteiger partial charge is 0.0596 e. The number of hydrogen-bond acceptors (Lipinski definition) is 1. The van der Waals surface area contributed by atoms with Gasteiger partial charge in [-0.3, -0.25) is 0 Å². The van der Waals surface area contributed by atoms with Crippen LogP contribution in [-0.2, 0) is 0 Å². The summed E-state index contributed by atoms with van der Waals surface area (Å²) in [7, 11) is 0. The normalized spacial score (nSPS) is 27.4. The fraction of sp³-hybridized carbons (Fsp3) is 1.00. The maximum Gasteiger partial charge on any atom is 0.0596 e. The first kappa shape index (κ1) is 15.0. The van der Waals surface area contributed by atoms with Crippen LogP contribution in [0.5, 0.6) is 0 Å². The second-order valence-electron chi connectivity index (χ2n) is 6.03.